The van der Waals surface area contributed by atoms with Crippen LogP contribution in [0.3, 0.4) is 0 Å². The summed E-state index contributed by atoms with van der Waals surface area (Å²) in [4.78, 5) is 11.6. The van der Waals surface area contributed by atoms with Crippen LogP contribution in [0.1, 0.15) is 25.3 Å². The number of nitrogens with zero attached hydrogens (tertiary/aromatic N) is 4. The maximum absolute atomic E-state index is 4.37. The molecule has 1 aromatic rings. The van der Waals surface area contributed by atoms with Gasteiger partial charge in [-0.3, -0.25) is 9.89 Å². The Bertz CT molecular complexity index is 584. The van der Waals surface area contributed by atoms with Crippen LogP contribution < -0.4 is 4.90 Å². The summed E-state index contributed by atoms with van der Waals surface area (Å²) in [5.41, 5.74) is 3.77. The maximum Gasteiger partial charge on any atom is 0.0377 e. The smallest absolute Gasteiger partial charge is 0.0377 e. The van der Waals surface area contributed by atoms with Gasteiger partial charge in [-0.1, -0.05) is 32.1 Å². The lowest BCUT2D eigenvalue weighted by Crippen LogP contribution is -2.47. The van der Waals surface area contributed by atoms with Crippen LogP contribution in [-0.4, -0.2) is 68.9 Å². The Kier molecular flexibility index (Phi) is 6.14. The molecule has 1 unspecified atom stereocenters. The number of piperazine rings is 1. The maximum atomic E-state index is 4.37. The Morgan fingerprint density at radius 1 is 1.16 bits per heavy atom. The number of aliphatic imine (C=N–C) groups is 1. The average Bonchev–Trinajstić information content (AvgIpc) is 3.10. The van der Waals surface area contributed by atoms with Gasteiger partial charge in [0.1, 0.15) is 0 Å². The highest BCUT2D eigenvalue weighted by Crippen LogP contribution is 2.22. The van der Waals surface area contributed by atoms with E-state index < -0.39 is 0 Å². The van der Waals surface area contributed by atoms with Gasteiger partial charge in [0.2, 0.25) is 0 Å². The van der Waals surface area contributed by atoms with E-state index in [-0.39, 0.29) is 0 Å². The topological polar surface area (TPSA) is 22.1 Å². The summed E-state index contributed by atoms with van der Waals surface area (Å²) in [7, 11) is 1.81. The van der Waals surface area contributed by atoms with Gasteiger partial charge in [-0.25, -0.2) is 0 Å². The van der Waals surface area contributed by atoms with Crippen LogP contribution in [0.25, 0.3) is 0 Å². The first-order chi connectivity index (χ1) is 12.2. The Hall–Kier alpha value is -1.81. The summed E-state index contributed by atoms with van der Waals surface area (Å²) < 4.78 is 0. The zero-order chi connectivity index (χ0) is 17.6. The fourth-order valence-corrected chi connectivity index (χ4v) is 3.95. The van der Waals surface area contributed by atoms with E-state index in [4.69, 9.17) is 0 Å². The van der Waals surface area contributed by atoms with E-state index in [1.54, 1.807) is 0 Å². The molecular formula is C21H32N4. The predicted molar refractivity (Wildman–Crippen MR) is 108 cm³/mol. The van der Waals surface area contributed by atoms with E-state index >= 15 is 0 Å². The normalized spacial score (nSPS) is 22.1. The molecule has 1 aromatic carbocycles. The number of benzene rings is 1. The van der Waals surface area contributed by atoms with E-state index in [1.165, 1.54) is 37.3 Å². The minimum absolute atomic E-state index is 0.894. The number of rotatable bonds is 6. The second-order valence-electron chi connectivity index (χ2n) is 7.32. The van der Waals surface area contributed by atoms with Crippen LogP contribution in [0.15, 0.2) is 41.5 Å². The van der Waals surface area contributed by atoms with E-state index in [1.807, 2.05) is 13.3 Å². The van der Waals surface area contributed by atoms with Gasteiger partial charge < -0.3 is 9.80 Å². The Morgan fingerprint density at radius 2 is 1.88 bits per heavy atom. The van der Waals surface area contributed by atoms with E-state index in [2.05, 4.69) is 57.5 Å². The zero-order valence-corrected chi connectivity index (χ0v) is 15.8. The fraction of sp³-hybridized carbons (Fsp3) is 0.571. The second-order valence-corrected chi connectivity index (χ2v) is 7.32. The molecule has 4 heteroatoms. The molecule has 4 nitrogen and oxygen atoms in total. The molecule has 1 atom stereocenters. The lowest BCUT2D eigenvalue weighted by atomic mass is 10.1. The molecule has 25 heavy (non-hydrogen) atoms. The summed E-state index contributed by atoms with van der Waals surface area (Å²) in [6, 6.07) is 8.70. The third kappa shape index (κ3) is 4.63. The Morgan fingerprint density at radius 3 is 2.48 bits per heavy atom. The number of likely N-dealkylation sites (tertiary alicyclic amines) is 1. The van der Waals surface area contributed by atoms with Crippen molar-refractivity contribution < 1.29 is 0 Å². The average molecular weight is 341 g/mol. The molecule has 0 N–H and O–H groups in total. The molecular weight excluding hydrogens is 308 g/mol. The summed E-state index contributed by atoms with van der Waals surface area (Å²) in [5, 5.41) is 0. The number of hydrogen-bond donors (Lipinski definition) is 0. The molecule has 3 rings (SSSR count). The fourth-order valence-electron chi connectivity index (χ4n) is 3.95. The molecule has 2 fully saturated rings. The van der Waals surface area contributed by atoms with Gasteiger partial charge in [0, 0.05) is 63.9 Å². The van der Waals surface area contributed by atoms with Crippen molar-refractivity contribution in [3.8, 4) is 0 Å². The van der Waals surface area contributed by atoms with Crippen molar-refractivity contribution in [1.29, 1.82) is 0 Å². The van der Waals surface area contributed by atoms with Gasteiger partial charge in [0.25, 0.3) is 0 Å². The van der Waals surface area contributed by atoms with Crippen molar-refractivity contribution in [1.82, 2.24) is 9.80 Å². The molecule has 0 aliphatic carbocycles. The number of hydrogen-bond acceptors (Lipinski definition) is 4. The monoisotopic (exact) mass is 340 g/mol. The molecule has 0 saturated carbocycles. The first-order valence-corrected chi connectivity index (χ1v) is 9.62. The van der Waals surface area contributed by atoms with Crippen molar-refractivity contribution in [2.24, 2.45) is 10.9 Å². The van der Waals surface area contributed by atoms with Crippen LogP contribution in [0, 0.1) is 5.92 Å². The molecule has 2 aliphatic heterocycles. The molecule has 0 bridgehead atoms. The molecule has 0 radical (unpaired) electrons. The highest BCUT2D eigenvalue weighted by molar-refractivity contribution is 5.80. The highest BCUT2D eigenvalue weighted by atomic mass is 15.3. The predicted octanol–water partition coefficient (Wildman–Crippen LogP) is 3.10. The van der Waals surface area contributed by atoms with Crippen molar-refractivity contribution in [2.45, 2.75) is 19.8 Å². The molecule has 2 heterocycles. The molecule has 2 saturated heterocycles. The molecule has 0 amide bonds. The highest BCUT2D eigenvalue weighted by Gasteiger charge is 2.24. The zero-order valence-electron chi connectivity index (χ0n) is 15.8. The summed E-state index contributed by atoms with van der Waals surface area (Å²) in [6.45, 7) is 14.5. The van der Waals surface area contributed by atoms with E-state index in [9.17, 15) is 0 Å². The molecule has 136 valence electrons. The van der Waals surface area contributed by atoms with Gasteiger partial charge in [0.15, 0.2) is 0 Å². The Labute approximate surface area is 152 Å². The van der Waals surface area contributed by atoms with Gasteiger partial charge in [0.05, 0.1) is 0 Å². The van der Waals surface area contributed by atoms with Crippen molar-refractivity contribution in [2.75, 3.05) is 57.8 Å². The van der Waals surface area contributed by atoms with Gasteiger partial charge >= 0.3 is 0 Å². The van der Waals surface area contributed by atoms with Crippen molar-refractivity contribution in [3.63, 3.8) is 0 Å². The first-order valence-electron chi connectivity index (χ1n) is 9.62. The van der Waals surface area contributed by atoms with Crippen LogP contribution >= 0.6 is 0 Å². The van der Waals surface area contributed by atoms with Crippen molar-refractivity contribution >= 4 is 11.9 Å². The molecule has 0 spiro atoms. The lowest BCUT2D eigenvalue weighted by Gasteiger charge is -2.39. The number of anilines is 1. The first kappa shape index (κ1) is 18.0. The van der Waals surface area contributed by atoms with Crippen LogP contribution in [-0.2, 0) is 0 Å². The largest absolute Gasteiger partial charge is 0.371 e. The summed E-state index contributed by atoms with van der Waals surface area (Å²) in [6.07, 6.45) is 4.56. The minimum atomic E-state index is 0.894. The Balaban J connectivity index is 1.47. The van der Waals surface area contributed by atoms with Crippen molar-refractivity contribution in [3.05, 3.63) is 42.1 Å². The summed E-state index contributed by atoms with van der Waals surface area (Å²) in [5.74, 6) is 0.894. The van der Waals surface area contributed by atoms with E-state index in [0.29, 0.717) is 0 Å². The van der Waals surface area contributed by atoms with Crippen LogP contribution in [0.2, 0.25) is 0 Å². The standard InChI is InChI=1S/C21H32N4/c1-4-19-9-10-23(17-19)16-18(2)24-11-13-25(14-12-24)21-7-5-20(6-8-21)15-22-3/h5-8,15,19H,2,4,9-14,16-17H2,1,3H3. The third-order valence-electron chi connectivity index (χ3n) is 5.62. The SMILES string of the molecule is C=C(CN1CCC(CC)C1)N1CCN(c2ccc(C=NC)cc2)CC1. The molecule has 0 aromatic heterocycles. The van der Waals surface area contributed by atoms with Crippen LogP contribution in [0.5, 0.6) is 0 Å². The van der Waals surface area contributed by atoms with Crippen LogP contribution in [0.4, 0.5) is 5.69 Å². The molecule has 2 aliphatic rings. The van der Waals surface area contributed by atoms with Gasteiger partial charge in [-0.2, -0.15) is 0 Å². The van der Waals surface area contributed by atoms with E-state index in [0.717, 1.165) is 44.2 Å². The quantitative estimate of drug-likeness (QED) is 0.743. The summed E-state index contributed by atoms with van der Waals surface area (Å²) >= 11 is 0. The van der Waals surface area contributed by atoms with Gasteiger partial charge in [-0.15, -0.1) is 0 Å². The lowest BCUT2D eigenvalue weighted by molar-refractivity contribution is 0.266. The third-order valence-corrected chi connectivity index (χ3v) is 5.62. The minimum Gasteiger partial charge on any atom is -0.371 e. The second kappa shape index (κ2) is 8.52. The van der Waals surface area contributed by atoms with Gasteiger partial charge in [-0.05, 0) is 36.6 Å².